The molecule has 2 amide bonds. The highest BCUT2D eigenvalue weighted by molar-refractivity contribution is 6.09. The number of nitrogens with two attached hydrogens (primary N) is 2. The van der Waals surface area contributed by atoms with Gasteiger partial charge in [0.15, 0.2) is 0 Å². The molecule has 3 rings (SSSR count). The first kappa shape index (κ1) is 19.9. The normalized spacial score (nSPS) is 17.2. The number of nitrogens with one attached hydrogen (secondary N) is 3. The van der Waals surface area contributed by atoms with Gasteiger partial charge in [0.05, 0.1) is 11.7 Å². The number of hydrogen-bond donors (Lipinski definition) is 5. The third-order valence-electron chi connectivity index (χ3n) is 4.58. The van der Waals surface area contributed by atoms with Gasteiger partial charge in [-0.2, -0.15) is 0 Å². The number of rotatable bonds is 5. The number of urea groups is 1. The van der Waals surface area contributed by atoms with Gasteiger partial charge in [0.1, 0.15) is 5.82 Å². The van der Waals surface area contributed by atoms with Gasteiger partial charge in [-0.3, -0.25) is 4.99 Å². The van der Waals surface area contributed by atoms with E-state index in [9.17, 15) is 9.18 Å². The van der Waals surface area contributed by atoms with Gasteiger partial charge >= 0.3 is 6.03 Å². The van der Waals surface area contributed by atoms with E-state index in [0.717, 1.165) is 11.1 Å². The first-order chi connectivity index (χ1) is 14.1. The Bertz CT molecular complexity index is 981. The molecule has 0 aliphatic carbocycles. The summed E-state index contributed by atoms with van der Waals surface area (Å²) in [5.41, 5.74) is 15.3. The highest BCUT2D eigenvalue weighted by Gasteiger charge is 2.28. The van der Waals surface area contributed by atoms with Gasteiger partial charge in [-0.1, -0.05) is 24.3 Å². The van der Waals surface area contributed by atoms with Crippen molar-refractivity contribution in [3.05, 3.63) is 77.4 Å². The Morgan fingerprint density at radius 3 is 2.66 bits per heavy atom. The number of fused-ring (bicyclic) bond motifs is 1. The zero-order valence-electron chi connectivity index (χ0n) is 15.9. The van der Waals surface area contributed by atoms with E-state index in [2.05, 4.69) is 20.9 Å². The van der Waals surface area contributed by atoms with Crippen LogP contribution < -0.4 is 27.4 Å². The van der Waals surface area contributed by atoms with Crippen molar-refractivity contribution >= 4 is 29.2 Å². The van der Waals surface area contributed by atoms with E-state index in [-0.39, 0.29) is 12.4 Å². The van der Waals surface area contributed by atoms with Crippen molar-refractivity contribution in [2.75, 3.05) is 18.9 Å². The van der Waals surface area contributed by atoms with Gasteiger partial charge in [-0.15, -0.1) is 0 Å². The second kappa shape index (κ2) is 8.92. The summed E-state index contributed by atoms with van der Waals surface area (Å²) in [4.78, 5) is 16.2. The molecular weight excluding hydrogens is 371 g/mol. The zero-order valence-corrected chi connectivity index (χ0v) is 15.9. The molecule has 2 aromatic carbocycles. The second-order valence-corrected chi connectivity index (χ2v) is 6.40. The molecule has 29 heavy (non-hydrogen) atoms. The predicted octanol–water partition coefficient (Wildman–Crippen LogP) is 2.55. The molecule has 1 aliphatic heterocycles. The van der Waals surface area contributed by atoms with Crippen molar-refractivity contribution in [3.8, 4) is 0 Å². The lowest BCUT2D eigenvalue weighted by Gasteiger charge is -2.15. The molecule has 7 nitrogen and oxygen atoms in total. The van der Waals surface area contributed by atoms with Gasteiger partial charge in [0.2, 0.25) is 0 Å². The number of hydrogen-bond acceptors (Lipinski definition) is 5. The molecule has 0 fully saturated rings. The van der Waals surface area contributed by atoms with E-state index in [1.165, 1.54) is 18.5 Å². The lowest BCUT2D eigenvalue weighted by atomic mass is 10.0. The SMILES string of the molecule is CN=CC(=CN)c1ccc(NC(=O)NCC2N/C(=C\N)c3cccc(F)c32)cc1. The standard InChI is InChI=1S/C21H23FN6O/c1-25-11-14(9-23)13-5-7-15(8-6-13)27-21(29)26-12-19-20-16(18(10-24)28-19)3-2-4-17(20)22/h2-11,19,28H,12,23-24H2,1H3,(H2,26,27,29)/b14-9?,18-10-,25-11?. The van der Waals surface area contributed by atoms with Crippen LogP contribution in [-0.2, 0) is 0 Å². The summed E-state index contributed by atoms with van der Waals surface area (Å²) < 4.78 is 14.2. The van der Waals surface area contributed by atoms with E-state index in [4.69, 9.17) is 11.5 Å². The number of amides is 2. The zero-order chi connectivity index (χ0) is 20.8. The Morgan fingerprint density at radius 2 is 2.00 bits per heavy atom. The summed E-state index contributed by atoms with van der Waals surface area (Å²) in [5.74, 6) is -0.339. The van der Waals surface area contributed by atoms with E-state index in [1.807, 2.05) is 12.1 Å². The van der Waals surface area contributed by atoms with E-state index in [0.29, 0.717) is 22.5 Å². The summed E-state index contributed by atoms with van der Waals surface area (Å²) in [5, 5.41) is 8.63. The average Bonchev–Trinajstić information content (AvgIpc) is 3.10. The van der Waals surface area contributed by atoms with Crippen LogP contribution >= 0.6 is 0 Å². The van der Waals surface area contributed by atoms with Crippen molar-refractivity contribution in [2.24, 2.45) is 16.5 Å². The van der Waals surface area contributed by atoms with Gasteiger partial charge in [-0.05, 0) is 23.8 Å². The Morgan fingerprint density at radius 1 is 1.24 bits per heavy atom. The number of anilines is 1. The van der Waals surface area contributed by atoms with Gasteiger partial charge in [0, 0.05) is 54.6 Å². The largest absolute Gasteiger partial charge is 0.404 e. The molecular formula is C21H23FN6O. The highest BCUT2D eigenvalue weighted by atomic mass is 19.1. The minimum Gasteiger partial charge on any atom is -0.404 e. The molecule has 1 heterocycles. The molecule has 0 bridgehead atoms. The fourth-order valence-corrected chi connectivity index (χ4v) is 3.22. The summed E-state index contributed by atoms with van der Waals surface area (Å²) in [7, 11) is 1.67. The van der Waals surface area contributed by atoms with Crippen LogP contribution in [0.15, 0.2) is 59.9 Å². The summed E-state index contributed by atoms with van der Waals surface area (Å²) in [6.07, 6.45) is 4.52. The fraction of sp³-hybridized carbons (Fsp3) is 0.143. The maximum Gasteiger partial charge on any atom is 0.319 e. The van der Waals surface area contributed by atoms with Crippen LogP contribution in [0.4, 0.5) is 14.9 Å². The van der Waals surface area contributed by atoms with Crippen LogP contribution in [0, 0.1) is 5.82 Å². The molecule has 2 aromatic rings. The molecule has 0 aromatic heterocycles. The van der Waals surface area contributed by atoms with Crippen molar-refractivity contribution < 1.29 is 9.18 Å². The van der Waals surface area contributed by atoms with E-state index in [1.54, 1.807) is 37.5 Å². The quantitative estimate of drug-likeness (QED) is 0.501. The van der Waals surface area contributed by atoms with E-state index < -0.39 is 12.1 Å². The Balaban J connectivity index is 1.61. The number of halogens is 1. The maximum absolute atomic E-state index is 14.2. The molecule has 0 saturated carbocycles. The smallest absolute Gasteiger partial charge is 0.319 e. The minimum atomic E-state index is -0.403. The van der Waals surface area contributed by atoms with Crippen molar-refractivity contribution in [1.29, 1.82) is 0 Å². The first-order valence-electron chi connectivity index (χ1n) is 9.04. The molecule has 1 aliphatic rings. The minimum absolute atomic E-state index is 0.197. The highest BCUT2D eigenvalue weighted by Crippen LogP contribution is 2.33. The second-order valence-electron chi connectivity index (χ2n) is 6.40. The van der Waals surface area contributed by atoms with Crippen LogP contribution in [-0.4, -0.2) is 25.8 Å². The van der Waals surface area contributed by atoms with Crippen LogP contribution in [0.5, 0.6) is 0 Å². The molecule has 8 heteroatoms. The average molecular weight is 394 g/mol. The molecule has 150 valence electrons. The molecule has 0 radical (unpaired) electrons. The number of carbonyl (C=O) groups excluding carboxylic acids is 1. The van der Waals surface area contributed by atoms with Crippen molar-refractivity contribution in [1.82, 2.24) is 10.6 Å². The third kappa shape index (κ3) is 4.37. The van der Waals surface area contributed by atoms with Crippen molar-refractivity contribution in [2.45, 2.75) is 6.04 Å². The van der Waals surface area contributed by atoms with Crippen molar-refractivity contribution in [3.63, 3.8) is 0 Å². The maximum atomic E-state index is 14.2. The lowest BCUT2D eigenvalue weighted by Crippen LogP contribution is -2.35. The lowest BCUT2D eigenvalue weighted by molar-refractivity contribution is 0.251. The fourth-order valence-electron chi connectivity index (χ4n) is 3.22. The van der Waals surface area contributed by atoms with Crippen LogP contribution in [0.2, 0.25) is 0 Å². The number of benzene rings is 2. The molecule has 7 N–H and O–H groups in total. The topological polar surface area (TPSA) is 118 Å². The van der Waals surface area contributed by atoms with Gasteiger partial charge in [-0.25, -0.2) is 9.18 Å². The molecule has 1 unspecified atom stereocenters. The number of nitrogens with zero attached hydrogens (tertiary/aromatic N) is 1. The summed E-state index contributed by atoms with van der Waals surface area (Å²) >= 11 is 0. The number of aliphatic imine (C=N–C) groups is 1. The third-order valence-corrected chi connectivity index (χ3v) is 4.58. The Kier molecular flexibility index (Phi) is 6.13. The molecule has 1 atom stereocenters. The van der Waals surface area contributed by atoms with Crippen LogP contribution in [0.1, 0.15) is 22.7 Å². The number of allylic oxidation sites excluding steroid dienone is 1. The summed E-state index contributed by atoms with van der Waals surface area (Å²) in [6, 6.07) is 11.2. The summed E-state index contributed by atoms with van der Waals surface area (Å²) in [6.45, 7) is 0.197. The molecule has 0 saturated heterocycles. The van der Waals surface area contributed by atoms with Gasteiger partial charge in [0.25, 0.3) is 0 Å². The molecule has 0 spiro atoms. The van der Waals surface area contributed by atoms with Crippen LogP contribution in [0.3, 0.4) is 0 Å². The predicted molar refractivity (Wildman–Crippen MR) is 114 cm³/mol. The Hall–Kier alpha value is -3.81. The first-order valence-corrected chi connectivity index (χ1v) is 9.04. The van der Waals surface area contributed by atoms with Gasteiger partial charge < -0.3 is 27.4 Å². The van der Waals surface area contributed by atoms with Crippen LogP contribution in [0.25, 0.3) is 11.3 Å². The number of carbonyl (C=O) groups is 1. The van der Waals surface area contributed by atoms with E-state index >= 15 is 0 Å². The Labute approximate surface area is 168 Å². The monoisotopic (exact) mass is 394 g/mol.